The van der Waals surface area contributed by atoms with Gasteiger partial charge in [-0.3, -0.25) is 12.2 Å². The summed E-state index contributed by atoms with van der Waals surface area (Å²) >= 11 is 0. The molecular formula is C18H28HfO2. The van der Waals surface area contributed by atoms with Crippen molar-refractivity contribution in [2.75, 3.05) is 14.2 Å². The van der Waals surface area contributed by atoms with Crippen LogP contribution in [0.1, 0.15) is 52.4 Å². The third kappa shape index (κ3) is 16.0. The molecule has 0 amide bonds. The van der Waals surface area contributed by atoms with Gasteiger partial charge in [-0.15, -0.1) is 12.8 Å². The van der Waals surface area contributed by atoms with Crippen LogP contribution < -0.4 is 10.2 Å². The third-order valence-corrected chi connectivity index (χ3v) is 2.57. The summed E-state index contributed by atoms with van der Waals surface area (Å²) < 4.78 is 0. The Morgan fingerprint density at radius 3 is 1.33 bits per heavy atom. The minimum Gasteiger partial charge on any atom is -0.857 e. The van der Waals surface area contributed by atoms with Crippen LogP contribution in [-0.4, -0.2) is 14.2 Å². The number of allylic oxidation sites excluding steroid dienone is 8. The van der Waals surface area contributed by atoms with E-state index in [1.54, 1.807) is 0 Å². The predicted molar refractivity (Wildman–Crippen MR) is 82.7 cm³/mol. The van der Waals surface area contributed by atoms with Crippen molar-refractivity contribution in [2.45, 2.75) is 52.4 Å². The summed E-state index contributed by atoms with van der Waals surface area (Å²) in [5.74, 6) is 0. The zero-order valence-electron chi connectivity index (χ0n) is 13.9. The summed E-state index contributed by atoms with van der Waals surface area (Å²) in [6.45, 7) is 4.39. The molecule has 0 bridgehead atoms. The van der Waals surface area contributed by atoms with Gasteiger partial charge in [0.05, 0.1) is 0 Å². The van der Waals surface area contributed by atoms with Gasteiger partial charge in [0.25, 0.3) is 0 Å². The molecule has 2 aliphatic rings. The Morgan fingerprint density at radius 2 is 1.14 bits per heavy atom. The first-order valence-corrected chi connectivity index (χ1v) is 7.21. The van der Waals surface area contributed by atoms with E-state index in [9.17, 15) is 0 Å². The quantitative estimate of drug-likeness (QED) is 0.484. The second kappa shape index (κ2) is 22.0. The van der Waals surface area contributed by atoms with Crippen LogP contribution in [0, 0.1) is 12.2 Å². The fourth-order valence-corrected chi connectivity index (χ4v) is 1.78. The van der Waals surface area contributed by atoms with Crippen molar-refractivity contribution in [1.82, 2.24) is 0 Å². The van der Waals surface area contributed by atoms with Crippen molar-refractivity contribution in [3.8, 4) is 0 Å². The Labute approximate surface area is 150 Å². The fraction of sp³-hybridized carbons (Fsp3) is 0.556. The van der Waals surface area contributed by atoms with Gasteiger partial charge in [-0.2, -0.15) is 26.4 Å². The van der Waals surface area contributed by atoms with Gasteiger partial charge in [-0.25, -0.2) is 23.3 Å². The maximum absolute atomic E-state index is 8.25. The Bertz CT molecular complexity index is 283. The van der Waals surface area contributed by atoms with Crippen LogP contribution in [0.4, 0.5) is 0 Å². The van der Waals surface area contributed by atoms with Crippen LogP contribution >= 0.6 is 0 Å². The molecule has 0 radical (unpaired) electrons. The van der Waals surface area contributed by atoms with E-state index in [4.69, 9.17) is 10.2 Å². The van der Waals surface area contributed by atoms with E-state index >= 15 is 0 Å². The molecular weight excluding hydrogens is 427 g/mol. The van der Waals surface area contributed by atoms with Gasteiger partial charge in [0.2, 0.25) is 0 Å². The van der Waals surface area contributed by atoms with Crippen LogP contribution in [0.25, 0.3) is 0 Å². The van der Waals surface area contributed by atoms with Gasteiger partial charge in [0.15, 0.2) is 0 Å². The van der Waals surface area contributed by atoms with E-state index in [2.05, 4.69) is 50.3 Å². The molecule has 2 rings (SSSR count). The van der Waals surface area contributed by atoms with Crippen LogP contribution in [0.2, 0.25) is 0 Å². The van der Waals surface area contributed by atoms with Crippen molar-refractivity contribution < 1.29 is 36.1 Å². The fourth-order valence-electron chi connectivity index (χ4n) is 1.78. The van der Waals surface area contributed by atoms with Gasteiger partial charge < -0.3 is 10.2 Å². The Hall–Kier alpha value is -0.250. The summed E-state index contributed by atoms with van der Waals surface area (Å²) in [5.41, 5.74) is 2.79. The summed E-state index contributed by atoms with van der Waals surface area (Å²) in [5, 5.41) is 16.5. The molecule has 116 valence electrons. The average molecular weight is 455 g/mol. The van der Waals surface area contributed by atoms with E-state index in [-0.39, 0.29) is 25.8 Å². The van der Waals surface area contributed by atoms with Gasteiger partial charge >= 0.3 is 25.8 Å². The average Bonchev–Trinajstić information content (AvgIpc) is 3.19. The summed E-state index contributed by atoms with van der Waals surface area (Å²) in [7, 11) is 1.50. The smallest absolute Gasteiger partial charge is 0.857 e. The van der Waals surface area contributed by atoms with E-state index in [1.807, 2.05) is 0 Å². The molecule has 3 heteroatoms. The van der Waals surface area contributed by atoms with Crippen LogP contribution in [0.5, 0.6) is 0 Å². The second-order valence-electron chi connectivity index (χ2n) is 4.12. The first-order valence-electron chi connectivity index (χ1n) is 7.21. The zero-order valence-corrected chi connectivity index (χ0v) is 17.5. The molecule has 0 fully saturated rings. The molecule has 0 saturated heterocycles. The first kappa shape index (κ1) is 25.7. The number of hydrogen-bond donors (Lipinski definition) is 0. The number of hydrogen-bond acceptors (Lipinski definition) is 2. The van der Waals surface area contributed by atoms with Gasteiger partial charge in [-0.1, -0.05) is 39.5 Å². The minimum absolute atomic E-state index is 0. The third-order valence-electron chi connectivity index (χ3n) is 2.57. The van der Waals surface area contributed by atoms with E-state index < -0.39 is 0 Å². The predicted octanol–water partition coefficient (Wildman–Crippen LogP) is 2.90. The minimum atomic E-state index is 0. The molecule has 21 heavy (non-hydrogen) atoms. The van der Waals surface area contributed by atoms with E-state index in [0.717, 1.165) is 27.1 Å². The van der Waals surface area contributed by atoms with Crippen LogP contribution in [0.3, 0.4) is 0 Å². The zero-order chi connectivity index (χ0) is 15.6. The molecule has 0 aliphatic heterocycles. The topological polar surface area (TPSA) is 46.1 Å². The standard InChI is InChI=1S/2C8H11.2CH3O.Hf/c2*1-2-5-8-6-3-4-7-8;2*1-2;/h2*3,6H,2,4-5H2,1H3;2*1H3;/q4*-1;+4. The summed E-state index contributed by atoms with van der Waals surface area (Å²) in [6.07, 6.45) is 22.2. The molecule has 0 aromatic rings. The van der Waals surface area contributed by atoms with Crippen molar-refractivity contribution in [3.05, 3.63) is 47.6 Å². The molecule has 2 aliphatic carbocycles. The molecule has 0 unspecified atom stereocenters. The van der Waals surface area contributed by atoms with Gasteiger partial charge in [-0.05, 0) is 0 Å². The summed E-state index contributed by atoms with van der Waals surface area (Å²) in [6, 6.07) is 0. The van der Waals surface area contributed by atoms with E-state index in [0.29, 0.717) is 0 Å². The summed E-state index contributed by atoms with van der Waals surface area (Å²) in [4.78, 5) is 0. The maximum Gasteiger partial charge on any atom is 4.00 e. The second-order valence-corrected chi connectivity index (χ2v) is 4.12. The molecule has 0 spiro atoms. The Kier molecular flexibility index (Phi) is 27.0. The van der Waals surface area contributed by atoms with Crippen LogP contribution in [-0.2, 0) is 25.8 Å². The Balaban J connectivity index is -0.000000240. The molecule has 0 heterocycles. The molecule has 0 atom stereocenters. The number of rotatable bonds is 4. The van der Waals surface area contributed by atoms with Crippen molar-refractivity contribution >= 4 is 0 Å². The monoisotopic (exact) mass is 456 g/mol. The first-order chi connectivity index (χ1) is 9.86. The van der Waals surface area contributed by atoms with Crippen molar-refractivity contribution in [2.24, 2.45) is 0 Å². The molecule has 0 aromatic heterocycles. The normalized spacial score (nSPS) is 13.4. The SMILES string of the molecule is CCCC1=[C-]CC=C1.CCCC1=[C-]CC=C1.C[O-].C[O-].[Hf+4]. The van der Waals surface area contributed by atoms with Crippen molar-refractivity contribution in [3.63, 3.8) is 0 Å². The Morgan fingerprint density at radius 1 is 0.810 bits per heavy atom. The van der Waals surface area contributed by atoms with Gasteiger partial charge in [0.1, 0.15) is 0 Å². The maximum atomic E-state index is 8.25. The molecule has 0 N–H and O–H groups in total. The van der Waals surface area contributed by atoms with Gasteiger partial charge in [0, 0.05) is 0 Å². The molecule has 0 aromatic carbocycles. The molecule has 2 nitrogen and oxygen atoms in total. The van der Waals surface area contributed by atoms with Crippen molar-refractivity contribution in [1.29, 1.82) is 0 Å². The van der Waals surface area contributed by atoms with E-state index in [1.165, 1.54) is 36.8 Å². The van der Waals surface area contributed by atoms with Crippen LogP contribution in [0.15, 0.2) is 35.5 Å². The largest absolute Gasteiger partial charge is 4.00 e. The molecule has 0 saturated carbocycles.